The topological polar surface area (TPSA) is 85.1 Å². The van der Waals surface area contributed by atoms with Gasteiger partial charge in [0, 0.05) is 38.3 Å². The third-order valence-electron chi connectivity index (χ3n) is 4.29. The standard InChI is InChI=1S/C20H31N3O4/c1-5-26-18(24)16(21)14-15-8-6-7-9-17(15)22-10-12-23(13-11-22)19(25)27-20(2,3)4/h6-9,16H,5,10-14,21H2,1-4H3. The molecule has 0 bridgehead atoms. The predicted molar refractivity (Wildman–Crippen MR) is 105 cm³/mol. The molecule has 1 aliphatic rings. The van der Waals surface area contributed by atoms with E-state index in [0.29, 0.717) is 39.2 Å². The van der Waals surface area contributed by atoms with Crippen molar-refractivity contribution in [3.8, 4) is 0 Å². The van der Waals surface area contributed by atoms with E-state index in [2.05, 4.69) is 4.90 Å². The molecule has 1 fully saturated rings. The Balaban J connectivity index is 2.00. The Morgan fingerprint density at radius 2 is 1.78 bits per heavy atom. The zero-order chi connectivity index (χ0) is 20.0. The smallest absolute Gasteiger partial charge is 0.410 e. The van der Waals surface area contributed by atoms with Crippen LogP contribution in [0.25, 0.3) is 0 Å². The van der Waals surface area contributed by atoms with Gasteiger partial charge in [0.2, 0.25) is 0 Å². The number of anilines is 1. The summed E-state index contributed by atoms with van der Waals surface area (Å²) in [5, 5.41) is 0. The lowest BCUT2D eigenvalue weighted by Gasteiger charge is -2.37. The summed E-state index contributed by atoms with van der Waals surface area (Å²) in [6.45, 7) is 10.3. The Morgan fingerprint density at radius 3 is 2.37 bits per heavy atom. The van der Waals surface area contributed by atoms with Crippen molar-refractivity contribution in [3.63, 3.8) is 0 Å². The van der Waals surface area contributed by atoms with Crippen LogP contribution < -0.4 is 10.6 Å². The van der Waals surface area contributed by atoms with Gasteiger partial charge in [-0.25, -0.2) is 4.79 Å². The van der Waals surface area contributed by atoms with Crippen LogP contribution in [0.1, 0.15) is 33.3 Å². The average molecular weight is 377 g/mol. The lowest BCUT2D eigenvalue weighted by atomic mass is 10.0. The van der Waals surface area contributed by atoms with Crippen molar-refractivity contribution in [2.45, 2.75) is 45.8 Å². The van der Waals surface area contributed by atoms with E-state index in [0.717, 1.165) is 11.3 Å². The number of esters is 1. The minimum Gasteiger partial charge on any atom is -0.465 e. The molecule has 7 heteroatoms. The number of carbonyl (C=O) groups is 2. The van der Waals surface area contributed by atoms with Crippen LogP contribution in [0, 0.1) is 0 Å². The molecule has 1 unspecified atom stereocenters. The summed E-state index contributed by atoms with van der Waals surface area (Å²) >= 11 is 0. The molecule has 0 aromatic heterocycles. The number of carbonyl (C=O) groups excluding carboxylic acids is 2. The fourth-order valence-electron chi connectivity index (χ4n) is 3.02. The number of nitrogens with two attached hydrogens (primary N) is 1. The van der Waals surface area contributed by atoms with Gasteiger partial charge in [0.15, 0.2) is 0 Å². The Labute approximate surface area is 161 Å². The predicted octanol–water partition coefficient (Wildman–Crippen LogP) is 2.18. The van der Waals surface area contributed by atoms with E-state index in [1.54, 1.807) is 11.8 Å². The van der Waals surface area contributed by atoms with Gasteiger partial charge in [0.25, 0.3) is 0 Å². The molecule has 1 aliphatic heterocycles. The monoisotopic (exact) mass is 377 g/mol. The molecule has 1 saturated heterocycles. The molecule has 0 saturated carbocycles. The zero-order valence-electron chi connectivity index (χ0n) is 16.7. The fraction of sp³-hybridized carbons (Fsp3) is 0.600. The number of hydrogen-bond donors (Lipinski definition) is 1. The van der Waals surface area contributed by atoms with E-state index in [1.807, 2.05) is 45.0 Å². The molecule has 1 amide bonds. The van der Waals surface area contributed by atoms with E-state index in [9.17, 15) is 9.59 Å². The molecular weight excluding hydrogens is 346 g/mol. The van der Waals surface area contributed by atoms with E-state index >= 15 is 0 Å². The summed E-state index contributed by atoms with van der Waals surface area (Å²) in [6, 6.07) is 7.22. The SMILES string of the molecule is CCOC(=O)C(N)Cc1ccccc1N1CCN(C(=O)OC(C)(C)C)CC1. The van der Waals surface area contributed by atoms with Gasteiger partial charge in [-0.15, -0.1) is 0 Å². The average Bonchev–Trinajstić information content (AvgIpc) is 2.61. The maximum absolute atomic E-state index is 12.2. The van der Waals surface area contributed by atoms with Gasteiger partial charge >= 0.3 is 12.1 Å². The van der Waals surface area contributed by atoms with Crippen LogP contribution in [0.3, 0.4) is 0 Å². The van der Waals surface area contributed by atoms with Crippen LogP contribution in [0.5, 0.6) is 0 Å². The van der Waals surface area contributed by atoms with Crippen molar-refractivity contribution in [3.05, 3.63) is 29.8 Å². The Morgan fingerprint density at radius 1 is 1.15 bits per heavy atom. The molecule has 7 nitrogen and oxygen atoms in total. The van der Waals surface area contributed by atoms with Crippen LogP contribution in [0.2, 0.25) is 0 Å². The molecular formula is C20H31N3O4. The highest BCUT2D eigenvalue weighted by atomic mass is 16.6. The second kappa shape index (κ2) is 9.08. The molecule has 150 valence electrons. The zero-order valence-corrected chi connectivity index (χ0v) is 16.7. The summed E-state index contributed by atoms with van der Waals surface area (Å²) in [4.78, 5) is 28.0. The fourth-order valence-corrected chi connectivity index (χ4v) is 3.02. The molecule has 0 radical (unpaired) electrons. The molecule has 1 aromatic rings. The number of piperazine rings is 1. The first-order chi connectivity index (χ1) is 12.7. The molecule has 27 heavy (non-hydrogen) atoms. The van der Waals surface area contributed by atoms with Crippen molar-refractivity contribution in [1.29, 1.82) is 0 Å². The summed E-state index contributed by atoms with van der Waals surface area (Å²) in [5.74, 6) is -0.387. The summed E-state index contributed by atoms with van der Waals surface area (Å²) in [6.07, 6.45) is 0.140. The molecule has 0 aliphatic carbocycles. The Kier molecular flexibility index (Phi) is 7.07. The quantitative estimate of drug-likeness (QED) is 0.792. The van der Waals surface area contributed by atoms with Gasteiger partial charge in [-0.2, -0.15) is 0 Å². The van der Waals surface area contributed by atoms with Crippen molar-refractivity contribution >= 4 is 17.7 Å². The van der Waals surface area contributed by atoms with Crippen molar-refractivity contribution in [1.82, 2.24) is 4.90 Å². The van der Waals surface area contributed by atoms with Crippen LogP contribution in [-0.2, 0) is 20.7 Å². The van der Waals surface area contributed by atoms with Crippen LogP contribution in [0.4, 0.5) is 10.5 Å². The number of nitrogens with zero attached hydrogens (tertiary/aromatic N) is 2. The lowest BCUT2D eigenvalue weighted by Crippen LogP contribution is -2.50. The van der Waals surface area contributed by atoms with Crippen LogP contribution in [-0.4, -0.2) is 61.4 Å². The first kappa shape index (κ1) is 21.0. The normalized spacial score (nSPS) is 16.0. The van der Waals surface area contributed by atoms with Gasteiger partial charge in [-0.05, 0) is 39.3 Å². The van der Waals surface area contributed by atoms with Gasteiger partial charge < -0.3 is 25.0 Å². The van der Waals surface area contributed by atoms with E-state index in [1.165, 1.54) is 0 Å². The number of hydrogen-bond acceptors (Lipinski definition) is 6. The second-order valence-corrected chi connectivity index (χ2v) is 7.65. The maximum atomic E-state index is 12.2. The van der Waals surface area contributed by atoms with E-state index < -0.39 is 11.6 Å². The molecule has 1 heterocycles. The largest absolute Gasteiger partial charge is 0.465 e. The first-order valence-corrected chi connectivity index (χ1v) is 9.44. The van der Waals surface area contributed by atoms with Gasteiger partial charge in [-0.1, -0.05) is 18.2 Å². The lowest BCUT2D eigenvalue weighted by molar-refractivity contribution is -0.144. The molecule has 0 spiro atoms. The first-order valence-electron chi connectivity index (χ1n) is 9.44. The highest BCUT2D eigenvalue weighted by Crippen LogP contribution is 2.23. The minimum absolute atomic E-state index is 0.278. The van der Waals surface area contributed by atoms with Gasteiger partial charge in [0.1, 0.15) is 11.6 Å². The minimum atomic E-state index is -0.686. The van der Waals surface area contributed by atoms with Gasteiger partial charge in [-0.3, -0.25) is 4.79 Å². The van der Waals surface area contributed by atoms with E-state index in [-0.39, 0.29) is 12.1 Å². The number of ether oxygens (including phenoxy) is 2. The van der Waals surface area contributed by atoms with Crippen LogP contribution >= 0.6 is 0 Å². The number of rotatable bonds is 5. The van der Waals surface area contributed by atoms with E-state index in [4.69, 9.17) is 15.2 Å². The van der Waals surface area contributed by atoms with Crippen LogP contribution in [0.15, 0.2) is 24.3 Å². The summed E-state index contributed by atoms with van der Waals surface area (Å²) in [5.41, 5.74) is 7.54. The number of amides is 1. The third kappa shape index (κ3) is 6.13. The highest BCUT2D eigenvalue weighted by molar-refractivity contribution is 5.76. The number of benzene rings is 1. The summed E-state index contributed by atoms with van der Waals surface area (Å²) < 4.78 is 10.5. The molecule has 2 rings (SSSR count). The van der Waals surface area contributed by atoms with Gasteiger partial charge in [0.05, 0.1) is 6.61 Å². The highest BCUT2D eigenvalue weighted by Gasteiger charge is 2.27. The molecule has 1 atom stereocenters. The van der Waals surface area contributed by atoms with Crippen molar-refractivity contribution < 1.29 is 19.1 Å². The second-order valence-electron chi connectivity index (χ2n) is 7.65. The summed E-state index contributed by atoms with van der Waals surface area (Å²) in [7, 11) is 0. The number of para-hydroxylation sites is 1. The van der Waals surface area contributed by atoms with Crippen molar-refractivity contribution in [2.75, 3.05) is 37.7 Å². The third-order valence-corrected chi connectivity index (χ3v) is 4.29. The maximum Gasteiger partial charge on any atom is 0.410 e. The Hall–Kier alpha value is -2.28. The van der Waals surface area contributed by atoms with Crippen molar-refractivity contribution in [2.24, 2.45) is 5.73 Å². The molecule has 2 N–H and O–H groups in total. The Bertz CT molecular complexity index is 649. The molecule has 1 aromatic carbocycles.